The number of nitrogens with one attached hydrogen (secondary N) is 2. The first-order valence-electron chi connectivity index (χ1n) is 5.76. The predicted octanol–water partition coefficient (Wildman–Crippen LogP) is -0.533. The van der Waals surface area contributed by atoms with Gasteiger partial charge in [-0.25, -0.2) is 4.79 Å². The highest BCUT2D eigenvalue weighted by molar-refractivity contribution is 5.75. The third-order valence-corrected chi connectivity index (χ3v) is 2.53. The molecule has 0 radical (unpaired) electrons. The molecule has 0 aromatic carbocycles. The van der Waals surface area contributed by atoms with Gasteiger partial charge in [-0.05, 0) is 13.3 Å². The Kier molecular flexibility index (Phi) is 4.70. The Morgan fingerprint density at radius 1 is 1.44 bits per heavy atom. The van der Waals surface area contributed by atoms with Gasteiger partial charge in [0.05, 0.1) is 5.56 Å². The van der Waals surface area contributed by atoms with Crippen LogP contribution < -0.4 is 16.6 Å². The van der Waals surface area contributed by atoms with Crippen LogP contribution in [0.25, 0.3) is 0 Å². The molecule has 0 fully saturated rings. The lowest BCUT2D eigenvalue weighted by Gasteiger charge is -2.09. The standard InChI is InChI=1S/C11H17N3O4/c1-3-5-12-8(15)4-6-14-10(17)7(2)9(16)13-11(14)18/h17H,3-6H2,1-2H3,(H,12,15)(H,13,16,18). The van der Waals surface area contributed by atoms with Gasteiger partial charge in [-0.2, -0.15) is 0 Å². The smallest absolute Gasteiger partial charge is 0.331 e. The molecule has 100 valence electrons. The average molecular weight is 255 g/mol. The van der Waals surface area contributed by atoms with Gasteiger partial charge in [0.2, 0.25) is 11.8 Å². The quantitative estimate of drug-likeness (QED) is 0.657. The molecule has 1 aromatic heterocycles. The zero-order chi connectivity index (χ0) is 13.7. The van der Waals surface area contributed by atoms with E-state index < -0.39 is 17.1 Å². The fraction of sp³-hybridized carbons (Fsp3) is 0.545. The zero-order valence-corrected chi connectivity index (χ0v) is 10.4. The topological polar surface area (TPSA) is 104 Å². The van der Waals surface area contributed by atoms with Crippen LogP contribution in [0, 0.1) is 6.92 Å². The van der Waals surface area contributed by atoms with E-state index in [0.717, 1.165) is 11.0 Å². The summed E-state index contributed by atoms with van der Waals surface area (Å²) >= 11 is 0. The zero-order valence-electron chi connectivity index (χ0n) is 10.4. The predicted molar refractivity (Wildman–Crippen MR) is 65.6 cm³/mol. The van der Waals surface area contributed by atoms with E-state index in [4.69, 9.17) is 0 Å². The minimum atomic E-state index is -0.716. The van der Waals surface area contributed by atoms with Crippen molar-refractivity contribution in [2.24, 2.45) is 0 Å². The number of aromatic nitrogens is 2. The molecule has 0 spiro atoms. The van der Waals surface area contributed by atoms with Crippen molar-refractivity contribution in [1.82, 2.24) is 14.9 Å². The number of carbonyl (C=O) groups is 1. The minimum Gasteiger partial charge on any atom is -0.494 e. The van der Waals surface area contributed by atoms with Crippen LogP contribution in [0.3, 0.4) is 0 Å². The van der Waals surface area contributed by atoms with Crippen LogP contribution in [-0.4, -0.2) is 27.1 Å². The van der Waals surface area contributed by atoms with Gasteiger partial charge in [0.15, 0.2) is 0 Å². The molecule has 0 unspecified atom stereocenters. The van der Waals surface area contributed by atoms with Gasteiger partial charge in [-0.3, -0.25) is 19.1 Å². The summed E-state index contributed by atoms with van der Waals surface area (Å²) in [6.07, 6.45) is 0.896. The first-order chi connectivity index (χ1) is 8.47. The van der Waals surface area contributed by atoms with Crippen molar-refractivity contribution in [1.29, 1.82) is 0 Å². The largest absolute Gasteiger partial charge is 0.494 e. The first kappa shape index (κ1) is 14.0. The summed E-state index contributed by atoms with van der Waals surface area (Å²) in [4.78, 5) is 36.1. The van der Waals surface area contributed by atoms with Crippen LogP contribution in [0.15, 0.2) is 9.59 Å². The molecule has 1 heterocycles. The van der Waals surface area contributed by atoms with Crippen molar-refractivity contribution in [3.05, 3.63) is 26.4 Å². The van der Waals surface area contributed by atoms with Crippen LogP contribution in [0.2, 0.25) is 0 Å². The molecule has 7 nitrogen and oxygen atoms in total. The van der Waals surface area contributed by atoms with Gasteiger partial charge in [-0.1, -0.05) is 6.92 Å². The Morgan fingerprint density at radius 2 is 2.11 bits per heavy atom. The van der Waals surface area contributed by atoms with Gasteiger partial charge >= 0.3 is 5.69 Å². The van der Waals surface area contributed by atoms with Crippen molar-refractivity contribution >= 4 is 5.91 Å². The van der Waals surface area contributed by atoms with E-state index >= 15 is 0 Å². The van der Waals surface area contributed by atoms with Crippen LogP contribution in [-0.2, 0) is 11.3 Å². The summed E-state index contributed by atoms with van der Waals surface area (Å²) < 4.78 is 0.974. The maximum Gasteiger partial charge on any atom is 0.331 e. The Balaban J connectivity index is 2.80. The molecule has 18 heavy (non-hydrogen) atoms. The normalized spacial score (nSPS) is 10.3. The number of aromatic hydroxyl groups is 1. The molecule has 1 aromatic rings. The Morgan fingerprint density at radius 3 is 2.72 bits per heavy atom. The molecule has 0 saturated heterocycles. The fourth-order valence-corrected chi connectivity index (χ4v) is 1.43. The van der Waals surface area contributed by atoms with Gasteiger partial charge < -0.3 is 10.4 Å². The molecular formula is C11H17N3O4. The third-order valence-electron chi connectivity index (χ3n) is 2.53. The van der Waals surface area contributed by atoms with Crippen LogP contribution in [0.5, 0.6) is 5.88 Å². The second-order valence-electron chi connectivity index (χ2n) is 3.96. The molecule has 0 atom stereocenters. The first-order valence-corrected chi connectivity index (χ1v) is 5.76. The van der Waals surface area contributed by atoms with Crippen molar-refractivity contribution < 1.29 is 9.90 Å². The van der Waals surface area contributed by atoms with Crippen molar-refractivity contribution in [2.75, 3.05) is 6.54 Å². The number of rotatable bonds is 5. The number of H-pyrrole nitrogens is 1. The number of amides is 1. The van der Waals surface area contributed by atoms with Crippen LogP contribution in [0.4, 0.5) is 0 Å². The fourth-order valence-electron chi connectivity index (χ4n) is 1.43. The molecule has 7 heteroatoms. The molecular weight excluding hydrogens is 238 g/mol. The van der Waals surface area contributed by atoms with E-state index in [0.29, 0.717) is 6.54 Å². The van der Waals surface area contributed by atoms with E-state index in [2.05, 4.69) is 10.3 Å². The van der Waals surface area contributed by atoms with E-state index in [1.54, 1.807) is 0 Å². The number of carbonyl (C=O) groups excluding carboxylic acids is 1. The summed E-state index contributed by atoms with van der Waals surface area (Å²) in [5, 5.41) is 12.3. The van der Waals surface area contributed by atoms with Gasteiger partial charge in [0, 0.05) is 19.5 Å². The Labute approximate surface area is 103 Å². The molecule has 3 N–H and O–H groups in total. The maximum absolute atomic E-state index is 11.5. The van der Waals surface area contributed by atoms with Crippen molar-refractivity contribution in [3.63, 3.8) is 0 Å². The van der Waals surface area contributed by atoms with Gasteiger partial charge in [0.1, 0.15) is 0 Å². The maximum atomic E-state index is 11.5. The number of hydrogen-bond acceptors (Lipinski definition) is 4. The molecule has 0 aliphatic rings. The summed E-state index contributed by atoms with van der Waals surface area (Å²) in [6.45, 7) is 3.94. The molecule has 0 bridgehead atoms. The average Bonchev–Trinajstić information content (AvgIpc) is 2.33. The van der Waals surface area contributed by atoms with E-state index in [1.165, 1.54) is 6.92 Å². The van der Waals surface area contributed by atoms with Gasteiger partial charge in [0.25, 0.3) is 5.56 Å². The van der Waals surface area contributed by atoms with Crippen molar-refractivity contribution in [2.45, 2.75) is 33.2 Å². The molecule has 1 rings (SSSR count). The molecule has 0 aliphatic carbocycles. The highest BCUT2D eigenvalue weighted by Gasteiger charge is 2.11. The lowest BCUT2D eigenvalue weighted by atomic mass is 10.3. The summed E-state index contributed by atoms with van der Waals surface area (Å²) in [5.41, 5.74) is -1.28. The summed E-state index contributed by atoms with van der Waals surface area (Å²) in [7, 11) is 0. The number of hydrogen-bond donors (Lipinski definition) is 3. The highest BCUT2D eigenvalue weighted by Crippen LogP contribution is 2.08. The monoisotopic (exact) mass is 255 g/mol. The third kappa shape index (κ3) is 3.22. The lowest BCUT2D eigenvalue weighted by Crippen LogP contribution is -2.33. The highest BCUT2D eigenvalue weighted by atomic mass is 16.3. The number of nitrogens with zero attached hydrogens (tertiary/aromatic N) is 1. The van der Waals surface area contributed by atoms with E-state index in [9.17, 15) is 19.5 Å². The number of aromatic amines is 1. The Hall–Kier alpha value is -2.05. The van der Waals surface area contributed by atoms with E-state index in [-0.39, 0.29) is 24.4 Å². The van der Waals surface area contributed by atoms with Crippen LogP contribution in [0.1, 0.15) is 25.3 Å². The summed E-state index contributed by atoms with van der Waals surface area (Å²) in [6, 6.07) is 0. The van der Waals surface area contributed by atoms with Crippen LogP contribution >= 0.6 is 0 Å². The second-order valence-corrected chi connectivity index (χ2v) is 3.96. The molecule has 1 amide bonds. The molecule has 0 saturated carbocycles. The summed E-state index contributed by atoms with van der Waals surface area (Å²) in [5.74, 6) is -0.598. The van der Waals surface area contributed by atoms with E-state index in [1.807, 2.05) is 6.92 Å². The van der Waals surface area contributed by atoms with Gasteiger partial charge in [-0.15, -0.1) is 0 Å². The second kappa shape index (κ2) is 6.04. The SMILES string of the molecule is CCCNC(=O)CCn1c(O)c(C)c(=O)[nH]c1=O. The minimum absolute atomic E-state index is 0.0256. The Bertz CT molecular complexity index is 544. The van der Waals surface area contributed by atoms with Crippen molar-refractivity contribution in [3.8, 4) is 5.88 Å². The molecule has 0 aliphatic heterocycles. The lowest BCUT2D eigenvalue weighted by molar-refractivity contribution is -0.121.